The second-order valence-corrected chi connectivity index (χ2v) is 5.23. The third-order valence-electron chi connectivity index (χ3n) is 3.93. The summed E-state index contributed by atoms with van der Waals surface area (Å²) < 4.78 is 13.8. The van der Waals surface area contributed by atoms with Crippen LogP contribution in [0.4, 0.5) is 21.5 Å². The Hall–Kier alpha value is -2.56. The number of hydrogen-bond acceptors (Lipinski definition) is 3. The number of nitrogens with zero attached hydrogens (tertiary/aromatic N) is 2. The molecule has 0 aromatic heterocycles. The summed E-state index contributed by atoms with van der Waals surface area (Å²) in [5.41, 5.74) is 2.57. The highest BCUT2D eigenvalue weighted by molar-refractivity contribution is 5.72. The molecule has 4 nitrogen and oxygen atoms in total. The summed E-state index contributed by atoms with van der Waals surface area (Å²) in [4.78, 5) is 14.7. The summed E-state index contributed by atoms with van der Waals surface area (Å²) in [6.07, 6.45) is 0.669. The van der Waals surface area contributed by atoms with Gasteiger partial charge in [-0.15, -0.1) is 0 Å². The highest BCUT2D eigenvalue weighted by Crippen LogP contribution is 2.23. The van der Waals surface area contributed by atoms with E-state index in [0.717, 1.165) is 37.6 Å². The first-order valence-corrected chi connectivity index (χ1v) is 7.32. The fourth-order valence-corrected chi connectivity index (χ4v) is 2.75. The second-order valence-electron chi connectivity index (χ2n) is 5.23. The van der Waals surface area contributed by atoms with Gasteiger partial charge in [0.05, 0.1) is 5.69 Å². The molecule has 0 saturated carbocycles. The smallest absolute Gasteiger partial charge is 0.211 e. The number of para-hydroxylation sites is 1. The number of anilines is 3. The number of rotatable bonds is 4. The molecule has 1 amide bonds. The number of carbonyl (C=O) groups is 1. The summed E-state index contributed by atoms with van der Waals surface area (Å²) in [5, 5.41) is 2.62. The van der Waals surface area contributed by atoms with Gasteiger partial charge in [-0.05, 0) is 36.4 Å². The number of piperazine rings is 1. The third-order valence-corrected chi connectivity index (χ3v) is 3.93. The highest BCUT2D eigenvalue weighted by Gasteiger charge is 2.19. The van der Waals surface area contributed by atoms with Crippen molar-refractivity contribution in [3.63, 3.8) is 0 Å². The van der Waals surface area contributed by atoms with Crippen molar-refractivity contribution in [3.8, 4) is 0 Å². The first-order chi connectivity index (χ1) is 10.8. The predicted molar refractivity (Wildman–Crippen MR) is 87.0 cm³/mol. The molecule has 114 valence electrons. The van der Waals surface area contributed by atoms with Gasteiger partial charge in [-0.25, -0.2) is 4.39 Å². The van der Waals surface area contributed by atoms with E-state index in [1.165, 1.54) is 6.07 Å². The lowest BCUT2D eigenvalue weighted by Gasteiger charge is -2.37. The van der Waals surface area contributed by atoms with Gasteiger partial charge in [0.25, 0.3) is 0 Å². The summed E-state index contributed by atoms with van der Waals surface area (Å²) in [7, 11) is 0. The largest absolute Gasteiger partial charge is 0.368 e. The minimum absolute atomic E-state index is 0.166. The molecule has 1 heterocycles. The van der Waals surface area contributed by atoms with Crippen LogP contribution in [0.3, 0.4) is 0 Å². The Balaban J connectivity index is 1.64. The van der Waals surface area contributed by atoms with Crippen LogP contribution >= 0.6 is 0 Å². The Bertz CT molecular complexity index is 637. The fraction of sp³-hybridized carbons (Fsp3) is 0.235. The number of nitrogens with one attached hydrogen (secondary N) is 1. The van der Waals surface area contributed by atoms with Crippen LogP contribution in [0.5, 0.6) is 0 Å². The van der Waals surface area contributed by atoms with E-state index >= 15 is 0 Å². The van der Waals surface area contributed by atoms with Crippen LogP contribution in [0.15, 0.2) is 48.5 Å². The van der Waals surface area contributed by atoms with Crippen molar-refractivity contribution in [1.29, 1.82) is 0 Å². The van der Waals surface area contributed by atoms with Crippen LogP contribution < -0.4 is 15.1 Å². The number of hydrogen-bond donors (Lipinski definition) is 1. The Morgan fingerprint density at radius 3 is 2.18 bits per heavy atom. The summed E-state index contributed by atoms with van der Waals surface area (Å²) in [5.74, 6) is -0.166. The number of amides is 1. The Morgan fingerprint density at radius 1 is 0.909 bits per heavy atom. The van der Waals surface area contributed by atoms with Crippen molar-refractivity contribution in [2.45, 2.75) is 0 Å². The highest BCUT2D eigenvalue weighted by atomic mass is 19.1. The van der Waals surface area contributed by atoms with Gasteiger partial charge in [0.1, 0.15) is 5.82 Å². The topological polar surface area (TPSA) is 35.6 Å². The Labute approximate surface area is 129 Å². The molecule has 0 atom stereocenters. The van der Waals surface area contributed by atoms with Gasteiger partial charge in [-0.1, -0.05) is 12.1 Å². The predicted octanol–water partition coefficient (Wildman–Crippen LogP) is 2.72. The fourth-order valence-electron chi connectivity index (χ4n) is 2.75. The lowest BCUT2D eigenvalue weighted by Crippen LogP contribution is -2.46. The van der Waals surface area contributed by atoms with Gasteiger partial charge < -0.3 is 15.1 Å². The van der Waals surface area contributed by atoms with E-state index in [1.54, 1.807) is 6.07 Å². The molecule has 0 unspecified atom stereocenters. The maximum absolute atomic E-state index is 13.8. The molecular formula is C17H18FN3O. The molecule has 0 spiro atoms. The summed E-state index contributed by atoms with van der Waals surface area (Å²) in [6.45, 7) is 3.26. The van der Waals surface area contributed by atoms with Crippen LogP contribution in [-0.4, -0.2) is 32.6 Å². The molecule has 0 aliphatic carbocycles. The first kappa shape index (κ1) is 14.4. The van der Waals surface area contributed by atoms with Crippen molar-refractivity contribution >= 4 is 23.5 Å². The maximum atomic E-state index is 13.8. The molecule has 2 aromatic carbocycles. The monoisotopic (exact) mass is 299 g/mol. The van der Waals surface area contributed by atoms with Gasteiger partial charge in [-0.2, -0.15) is 0 Å². The molecule has 1 N–H and O–H groups in total. The molecule has 22 heavy (non-hydrogen) atoms. The average molecular weight is 299 g/mol. The molecule has 3 rings (SSSR count). The molecule has 2 aromatic rings. The van der Waals surface area contributed by atoms with E-state index in [-0.39, 0.29) is 5.82 Å². The number of carbonyl (C=O) groups excluding carboxylic acids is 1. The van der Waals surface area contributed by atoms with Crippen LogP contribution in [0.25, 0.3) is 0 Å². The molecule has 1 aliphatic rings. The minimum Gasteiger partial charge on any atom is -0.368 e. The molecule has 1 aliphatic heterocycles. The van der Waals surface area contributed by atoms with Gasteiger partial charge in [0.2, 0.25) is 6.41 Å². The van der Waals surface area contributed by atoms with Crippen molar-refractivity contribution in [2.75, 3.05) is 41.3 Å². The summed E-state index contributed by atoms with van der Waals surface area (Å²) >= 11 is 0. The first-order valence-electron chi connectivity index (χ1n) is 7.32. The Morgan fingerprint density at radius 2 is 1.55 bits per heavy atom. The SMILES string of the molecule is O=CNc1ccc(N2CCN(c3ccccc3F)CC2)cc1. The van der Waals surface area contributed by atoms with Crippen molar-refractivity contribution in [3.05, 3.63) is 54.3 Å². The summed E-state index contributed by atoms with van der Waals surface area (Å²) in [6, 6.07) is 14.6. The second kappa shape index (κ2) is 6.47. The van der Waals surface area contributed by atoms with E-state index in [1.807, 2.05) is 36.4 Å². The van der Waals surface area contributed by atoms with Crippen molar-refractivity contribution in [2.24, 2.45) is 0 Å². The molecular weight excluding hydrogens is 281 g/mol. The Kier molecular flexibility index (Phi) is 4.23. The molecule has 5 heteroatoms. The molecule has 0 bridgehead atoms. The van der Waals surface area contributed by atoms with Gasteiger partial charge in [0, 0.05) is 37.6 Å². The lowest BCUT2D eigenvalue weighted by atomic mass is 10.2. The zero-order valence-corrected chi connectivity index (χ0v) is 12.2. The molecule has 1 fully saturated rings. The van der Waals surface area contributed by atoms with Gasteiger partial charge in [-0.3, -0.25) is 4.79 Å². The zero-order valence-electron chi connectivity index (χ0n) is 12.2. The molecule has 1 saturated heterocycles. The minimum atomic E-state index is -0.166. The van der Waals surface area contributed by atoms with E-state index in [2.05, 4.69) is 15.1 Å². The van der Waals surface area contributed by atoms with Gasteiger partial charge >= 0.3 is 0 Å². The van der Waals surface area contributed by atoms with E-state index in [4.69, 9.17) is 0 Å². The van der Waals surface area contributed by atoms with Crippen molar-refractivity contribution in [1.82, 2.24) is 0 Å². The molecule has 0 radical (unpaired) electrons. The van der Waals surface area contributed by atoms with Crippen LogP contribution in [0.1, 0.15) is 0 Å². The average Bonchev–Trinajstić information content (AvgIpc) is 2.57. The normalized spacial score (nSPS) is 14.8. The quantitative estimate of drug-likeness (QED) is 0.882. The lowest BCUT2D eigenvalue weighted by molar-refractivity contribution is -0.105. The standard InChI is InChI=1S/C17H18FN3O/c18-16-3-1-2-4-17(16)21-11-9-20(10-12-21)15-7-5-14(6-8-15)19-13-22/h1-8,13H,9-12H2,(H,19,22). The van der Waals surface area contributed by atoms with Crippen LogP contribution in [0.2, 0.25) is 0 Å². The third kappa shape index (κ3) is 3.03. The van der Waals surface area contributed by atoms with E-state index < -0.39 is 0 Å². The van der Waals surface area contributed by atoms with Gasteiger partial charge in [0.15, 0.2) is 0 Å². The maximum Gasteiger partial charge on any atom is 0.211 e. The zero-order chi connectivity index (χ0) is 15.4. The number of benzene rings is 2. The van der Waals surface area contributed by atoms with E-state index in [9.17, 15) is 9.18 Å². The van der Waals surface area contributed by atoms with Crippen LogP contribution in [-0.2, 0) is 4.79 Å². The number of halogens is 1. The van der Waals surface area contributed by atoms with Crippen molar-refractivity contribution < 1.29 is 9.18 Å². The van der Waals surface area contributed by atoms with E-state index in [0.29, 0.717) is 12.1 Å². The van der Waals surface area contributed by atoms with Crippen LogP contribution in [0, 0.1) is 5.82 Å².